The molecule has 2 unspecified atom stereocenters. The largest absolute Gasteiger partial charge is 0.474 e. The molecule has 0 bridgehead atoms. The van der Waals surface area contributed by atoms with E-state index in [1.165, 1.54) is 6.33 Å². The van der Waals surface area contributed by atoms with Gasteiger partial charge in [-0.15, -0.1) is 0 Å². The van der Waals surface area contributed by atoms with Crippen molar-refractivity contribution in [1.82, 2.24) is 9.97 Å². The van der Waals surface area contributed by atoms with Crippen molar-refractivity contribution in [2.45, 2.75) is 58.3 Å². The lowest BCUT2D eigenvalue weighted by atomic mass is 10.0. The smallest absolute Gasteiger partial charge is 0.221 e. The zero-order chi connectivity index (χ0) is 13.1. The summed E-state index contributed by atoms with van der Waals surface area (Å²) in [6.45, 7) is 6.16. The highest BCUT2D eigenvalue weighted by Gasteiger charge is 2.27. The number of aromatic nitrogens is 2. The molecule has 2 rings (SSSR count). The molecule has 0 aliphatic carbocycles. The summed E-state index contributed by atoms with van der Waals surface area (Å²) < 4.78 is 11.7. The number of hydrogen-bond donors (Lipinski definition) is 0. The molecular formula is C13H19ClN2O2. The van der Waals surface area contributed by atoms with E-state index >= 15 is 0 Å². The molecule has 1 aliphatic heterocycles. The monoisotopic (exact) mass is 270 g/mol. The van der Waals surface area contributed by atoms with Gasteiger partial charge in [0.1, 0.15) is 17.6 Å². The van der Waals surface area contributed by atoms with Gasteiger partial charge in [0.2, 0.25) is 5.88 Å². The van der Waals surface area contributed by atoms with E-state index in [-0.39, 0.29) is 18.3 Å². The summed E-state index contributed by atoms with van der Waals surface area (Å²) in [5.74, 6) is 0.615. The number of rotatable bonds is 3. The molecule has 0 spiro atoms. The Labute approximate surface area is 113 Å². The minimum absolute atomic E-state index is 0.139. The lowest BCUT2D eigenvalue weighted by molar-refractivity contribution is -0.0731. The molecule has 2 atom stereocenters. The first-order valence-corrected chi connectivity index (χ1v) is 6.79. The Bertz CT molecular complexity index is 404. The topological polar surface area (TPSA) is 44.2 Å². The van der Waals surface area contributed by atoms with Crippen LogP contribution >= 0.6 is 11.6 Å². The van der Waals surface area contributed by atoms with Crippen LogP contribution in [0.2, 0.25) is 5.15 Å². The van der Waals surface area contributed by atoms with E-state index in [4.69, 9.17) is 21.1 Å². The molecule has 1 aromatic heterocycles. The first-order valence-electron chi connectivity index (χ1n) is 6.41. The summed E-state index contributed by atoms with van der Waals surface area (Å²) in [6.07, 6.45) is 4.57. The zero-order valence-corrected chi connectivity index (χ0v) is 11.8. The van der Waals surface area contributed by atoms with E-state index in [1.807, 2.05) is 6.92 Å². The van der Waals surface area contributed by atoms with Crippen molar-refractivity contribution in [2.24, 2.45) is 0 Å². The highest BCUT2D eigenvalue weighted by atomic mass is 35.5. The van der Waals surface area contributed by atoms with Gasteiger partial charge in [-0.25, -0.2) is 9.97 Å². The molecule has 0 saturated carbocycles. The lowest BCUT2D eigenvalue weighted by Gasteiger charge is -2.32. The van der Waals surface area contributed by atoms with Crippen LogP contribution in [-0.4, -0.2) is 28.3 Å². The highest BCUT2D eigenvalue weighted by molar-refractivity contribution is 6.30. The Balaban J connectivity index is 2.11. The summed E-state index contributed by atoms with van der Waals surface area (Å²) >= 11 is 6.05. The normalized spacial score (nSPS) is 28.1. The molecule has 4 nitrogen and oxygen atoms in total. The number of ether oxygens (including phenoxy) is 2. The van der Waals surface area contributed by atoms with Crippen LogP contribution in [-0.2, 0) is 11.2 Å². The molecule has 100 valence electrons. The quantitative estimate of drug-likeness (QED) is 0.792. The van der Waals surface area contributed by atoms with Gasteiger partial charge in [-0.3, -0.25) is 0 Å². The molecule has 0 N–H and O–H groups in total. The van der Waals surface area contributed by atoms with Gasteiger partial charge in [-0.1, -0.05) is 18.5 Å². The Morgan fingerprint density at radius 2 is 2.00 bits per heavy atom. The van der Waals surface area contributed by atoms with Gasteiger partial charge in [0, 0.05) is 12.8 Å². The van der Waals surface area contributed by atoms with Crippen LogP contribution in [0.5, 0.6) is 5.88 Å². The average Bonchev–Trinajstić information content (AvgIpc) is 2.27. The van der Waals surface area contributed by atoms with E-state index in [0.717, 1.165) is 24.8 Å². The van der Waals surface area contributed by atoms with E-state index in [9.17, 15) is 0 Å². The van der Waals surface area contributed by atoms with Gasteiger partial charge in [0.05, 0.1) is 17.8 Å². The number of halogens is 1. The van der Waals surface area contributed by atoms with Crippen molar-refractivity contribution in [1.29, 1.82) is 0 Å². The maximum Gasteiger partial charge on any atom is 0.221 e. The third-order valence-corrected chi connectivity index (χ3v) is 3.47. The Morgan fingerprint density at radius 3 is 2.61 bits per heavy atom. The Hall–Kier alpha value is -0.870. The fourth-order valence-corrected chi connectivity index (χ4v) is 2.63. The van der Waals surface area contributed by atoms with Gasteiger partial charge in [0.25, 0.3) is 0 Å². The van der Waals surface area contributed by atoms with Gasteiger partial charge in [0.15, 0.2) is 0 Å². The molecule has 5 heteroatoms. The van der Waals surface area contributed by atoms with Crippen molar-refractivity contribution >= 4 is 11.6 Å². The molecule has 0 aromatic carbocycles. The van der Waals surface area contributed by atoms with Crippen molar-refractivity contribution < 1.29 is 9.47 Å². The first-order chi connectivity index (χ1) is 8.60. The third kappa shape index (κ3) is 3.12. The van der Waals surface area contributed by atoms with Crippen LogP contribution in [0.3, 0.4) is 0 Å². The molecule has 1 aliphatic rings. The van der Waals surface area contributed by atoms with Crippen LogP contribution in [0, 0.1) is 0 Å². The maximum atomic E-state index is 6.05. The van der Waals surface area contributed by atoms with E-state index in [2.05, 4.69) is 23.8 Å². The molecule has 0 radical (unpaired) electrons. The van der Waals surface area contributed by atoms with Crippen LogP contribution in [0.25, 0.3) is 0 Å². The number of nitrogens with zero attached hydrogens (tertiary/aromatic N) is 2. The van der Waals surface area contributed by atoms with Crippen molar-refractivity contribution in [2.75, 3.05) is 0 Å². The minimum Gasteiger partial charge on any atom is -0.474 e. The molecule has 1 saturated heterocycles. The van der Waals surface area contributed by atoms with Crippen molar-refractivity contribution in [3.8, 4) is 5.88 Å². The maximum absolute atomic E-state index is 6.05. The Kier molecular flexibility index (Phi) is 4.40. The molecule has 1 fully saturated rings. The summed E-state index contributed by atoms with van der Waals surface area (Å²) in [5.41, 5.74) is 0.881. The molecular weight excluding hydrogens is 252 g/mol. The molecule has 18 heavy (non-hydrogen) atoms. The average molecular weight is 271 g/mol. The zero-order valence-electron chi connectivity index (χ0n) is 11.0. The molecule has 0 amide bonds. The SMILES string of the molecule is CCc1c(Cl)ncnc1OC1CC(C)OC(C)C1. The fourth-order valence-electron chi connectivity index (χ4n) is 2.37. The Morgan fingerprint density at radius 1 is 1.33 bits per heavy atom. The molecule has 2 heterocycles. The van der Waals surface area contributed by atoms with E-state index in [0.29, 0.717) is 11.0 Å². The van der Waals surface area contributed by atoms with Crippen LogP contribution < -0.4 is 4.74 Å². The second-order valence-corrected chi connectivity index (χ2v) is 5.13. The van der Waals surface area contributed by atoms with E-state index in [1.54, 1.807) is 0 Å². The van der Waals surface area contributed by atoms with Crippen LogP contribution in [0.15, 0.2) is 6.33 Å². The summed E-state index contributed by atoms with van der Waals surface area (Å²) in [4.78, 5) is 8.18. The second kappa shape index (κ2) is 5.85. The van der Waals surface area contributed by atoms with Crippen LogP contribution in [0.1, 0.15) is 39.2 Å². The van der Waals surface area contributed by atoms with Gasteiger partial charge in [-0.2, -0.15) is 0 Å². The van der Waals surface area contributed by atoms with E-state index < -0.39 is 0 Å². The first kappa shape index (κ1) is 13.6. The highest BCUT2D eigenvalue weighted by Crippen LogP contribution is 2.27. The lowest BCUT2D eigenvalue weighted by Crippen LogP contribution is -2.36. The van der Waals surface area contributed by atoms with Gasteiger partial charge in [-0.05, 0) is 20.3 Å². The van der Waals surface area contributed by atoms with Crippen LogP contribution in [0.4, 0.5) is 0 Å². The summed E-state index contributed by atoms with van der Waals surface area (Å²) in [6, 6.07) is 0. The standard InChI is InChI=1S/C13H19ClN2O2/c1-4-11-12(14)15-7-16-13(11)18-10-5-8(2)17-9(3)6-10/h7-10H,4-6H2,1-3H3. The minimum atomic E-state index is 0.139. The number of hydrogen-bond acceptors (Lipinski definition) is 4. The van der Waals surface area contributed by atoms with Gasteiger partial charge >= 0.3 is 0 Å². The van der Waals surface area contributed by atoms with Crippen molar-refractivity contribution in [3.05, 3.63) is 17.0 Å². The predicted octanol–water partition coefficient (Wildman–Crippen LogP) is 3.03. The summed E-state index contributed by atoms with van der Waals surface area (Å²) in [5, 5.41) is 0.482. The predicted molar refractivity (Wildman–Crippen MR) is 70.1 cm³/mol. The fraction of sp³-hybridized carbons (Fsp3) is 0.692. The molecule has 1 aromatic rings. The third-order valence-electron chi connectivity index (χ3n) is 3.14. The van der Waals surface area contributed by atoms with Crippen molar-refractivity contribution in [3.63, 3.8) is 0 Å². The summed E-state index contributed by atoms with van der Waals surface area (Å²) in [7, 11) is 0. The van der Waals surface area contributed by atoms with Gasteiger partial charge < -0.3 is 9.47 Å². The second-order valence-electron chi connectivity index (χ2n) is 4.77.